The van der Waals surface area contributed by atoms with Crippen molar-refractivity contribution in [1.82, 2.24) is 4.90 Å². The summed E-state index contributed by atoms with van der Waals surface area (Å²) >= 11 is 0. The van der Waals surface area contributed by atoms with Crippen molar-refractivity contribution < 1.29 is 19.4 Å². The summed E-state index contributed by atoms with van der Waals surface area (Å²) in [5, 5.41) is 9.14. The molecule has 0 rings (SSSR count). The summed E-state index contributed by atoms with van der Waals surface area (Å²) < 4.78 is 5.15. The maximum absolute atomic E-state index is 11.8. The van der Waals surface area contributed by atoms with Crippen LogP contribution in [0.2, 0.25) is 0 Å². The summed E-state index contributed by atoms with van der Waals surface area (Å²) in [5.41, 5.74) is -0.621. The molecule has 5 nitrogen and oxygen atoms in total. The van der Waals surface area contributed by atoms with Gasteiger partial charge in [0.25, 0.3) is 0 Å². The van der Waals surface area contributed by atoms with Crippen molar-refractivity contribution in [1.29, 1.82) is 0 Å². The third-order valence-corrected chi connectivity index (χ3v) is 2.53. The van der Waals surface area contributed by atoms with Gasteiger partial charge in [-0.15, -0.1) is 0 Å². The molecule has 0 radical (unpaired) electrons. The molecule has 0 aromatic heterocycles. The molecule has 0 heterocycles. The molecular formula is C12H23NO4. The topological polar surface area (TPSA) is 66.8 Å². The number of amides is 1. The fraction of sp³-hybridized carbons (Fsp3) is 0.833. The Balaban J connectivity index is 4.79. The Morgan fingerprint density at radius 2 is 1.82 bits per heavy atom. The Labute approximate surface area is 103 Å². The average Bonchev–Trinajstić information content (AvgIpc) is 2.14. The van der Waals surface area contributed by atoms with E-state index in [1.165, 1.54) is 7.05 Å². The number of rotatable bonds is 4. The Hall–Kier alpha value is -1.26. The molecule has 2 atom stereocenters. The van der Waals surface area contributed by atoms with Gasteiger partial charge in [0.15, 0.2) is 0 Å². The molecule has 0 saturated carbocycles. The summed E-state index contributed by atoms with van der Waals surface area (Å²) in [7, 11) is 1.46. The fourth-order valence-corrected chi connectivity index (χ4v) is 1.46. The fourth-order valence-electron chi connectivity index (χ4n) is 1.46. The first-order chi connectivity index (χ1) is 7.60. The highest BCUT2D eigenvalue weighted by molar-refractivity contribution is 5.80. The predicted molar refractivity (Wildman–Crippen MR) is 64.9 cm³/mol. The number of hydrogen-bond acceptors (Lipinski definition) is 3. The van der Waals surface area contributed by atoms with E-state index < -0.39 is 23.7 Å². The number of carboxylic acids is 1. The first-order valence-corrected chi connectivity index (χ1v) is 5.78. The molecule has 0 aliphatic carbocycles. The molecule has 1 amide bonds. The SMILES string of the molecule is CC[C@H](C)[C@H](C(=O)O)N(C)C(=O)OC(C)(C)C. The highest BCUT2D eigenvalue weighted by atomic mass is 16.6. The van der Waals surface area contributed by atoms with E-state index in [1.54, 1.807) is 27.7 Å². The molecule has 1 N–H and O–H groups in total. The van der Waals surface area contributed by atoms with E-state index in [0.717, 1.165) is 4.90 Å². The zero-order chi connectivity index (χ0) is 13.8. The van der Waals surface area contributed by atoms with E-state index in [-0.39, 0.29) is 5.92 Å². The summed E-state index contributed by atoms with van der Waals surface area (Å²) in [4.78, 5) is 24.1. The van der Waals surface area contributed by atoms with Gasteiger partial charge in [-0.2, -0.15) is 0 Å². The largest absolute Gasteiger partial charge is 0.480 e. The Morgan fingerprint density at radius 1 is 1.35 bits per heavy atom. The van der Waals surface area contributed by atoms with Gasteiger partial charge >= 0.3 is 12.1 Å². The van der Waals surface area contributed by atoms with Crippen molar-refractivity contribution in [3.05, 3.63) is 0 Å². The quantitative estimate of drug-likeness (QED) is 0.825. The minimum absolute atomic E-state index is 0.120. The molecule has 0 unspecified atom stereocenters. The van der Waals surface area contributed by atoms with Gasteiger partial charge in [-0.25, -0.2) is 9.59 Å². The van der Waals surface area contributed by atoms with E-state index in [0.29, 0.717) is 6.42 Å². The number of aliphatic carboxylic acids is 1. The lowest BCUT2D eigenvalue weighted by atomic mass is 9.98. The van der Waals surface area contributed by atoms with Gasteiger partial charge in [0.2, 0.25) is 0 Å². The van der Waals surface area contributed by atoms with Crippen LogP contribution in [-0.4, -0.2) is 40.8 Å². The van der Waals surface area contributed by atoms with Crippen molar-refractivity contribution in [3.8, 4) is 0 Å². The number of nitrogens with zero attached hydrogens (tertiary/aromatic N) is 1. The highest BCUT2D eigenvalue weighted by Gasteiger charge is 2.33. The number of hydrogen-bond donors (Lipinski definition) is 1. The molecule has 0 fully saturated rings. The van der Waals surface area contributed by atoms with Crippen LogP contribution < -0.4 is 0 Å². The number of carbonyl (C=O) groups is 2. The van der Waals surface area contributed by atoms with Crippen LogP contribution in [0.3, 0.4) is 0 Å². The number of ether oxygens (including phenoxy) is 1. The van der Waals surface area contributed by atoms with Crippen LogP contribution in [-0.2, 0) is 9.53 Å². The van der Waals surface area contributed by atoms with Gasteiger partial charge in [-0.3, -0.25) is 4.90 Å². The van der Waals surface area contributed by atoms with Crippen molar-refractivity contribution in [2.45, 2.75) is 52.7 Å². The highest BCUT2D eigenvalue weighted by Crippen LogP contribution is 2.17. The normalized spacial score (nSPS) is 14.9. The molecule has 5 heteroatoms. The van der Waals surface area contributed by atoms with Crippen molar-refractivity contribution >= 4 is 12.1 Å². The van der Waals surface area contributed by atoms with E-state index in [1.807, 2.05) is 6.92 Å². The van der Waals surface area contributed by atoms with Gasteiger partial charge in [-0.05, 0) is 26.7 Å². The lowest BCUT2D eigenvalue weighted by Gasteiger charge is -2.31. The molecule has 0 aliphatic heterocycles. The van der Waals surface area contributed by atoms with Gasteiger partial charge in [-0.1, -0.05) is 20.3 Å². The standard InChI is InChI=1S/C12H23NO4/c1-7-8(2)9(10(14)15)13(6)11(16)17-12(3,4)5/h8-9H,7H2,1-6H3,(H,14,15)/t8-,9+/m0/s1. The first kappa shape index (κ1) is 15.7. The predicted octanol–water partition coefficient (Wildman–Crippen LogP) is 2.35. The van der Waals surface area contributed by atoms with Crippen LogP contribution >= 0.6 is 0 Å². The summed E-state index contributed by atoms with van der Waals surface area (Å²) in [5.74, 6) is -1.13. The molecule has 0 aliphatic rings. The van der Waals surface area contributed by atoms with Crippen LogP contribution in [0.4, 0.5) is 4.79 Å². The molecule has 100 valence electrons. The number of carboxylic acid groups (broad SMARTS) is 1. The third-order valence-electron chi connectivity index (χ3n) is 2.53. The van der Waals surface area contributed by atoms with Gasteiger partial charge < -0.3 is 9.84 Å². The zero-order valence-corrected chi connectivity index (χ0v) is 11.5. The minimum atomic E-state index is -1.01. The van der Waals surface area contributed by atoms with Gasteiger partial charge in [0.05, 0.1) is 0 Å². The summed E-state index contributed by atoms with van der Waals surface area (Å²) in [6.07, 6.45) is 0.0783. The molecule has 17 heavy (non-hydrogen) atoms. The number of likely N-dealkylation sites (N-methyl/N-ethyl adjacent to an activating group) is 1. The third kappa shape index (κ3) is 5.06. The lowest BCUT2D eigenvalue weighted by Crippen LogP contribution is -2.48. The van der Waals surface area contributed by atoms with Crippen LogP contribution in [0.25, 0.3) is 0 Å². The second-order valence-corrected chi connectivity index (χ2v) is 5.26. The second kappa shape index (κ2) is 5.89. The van der Waals surface area contributed by atoms with Crippen molar-refractivity contribution in [3.63, 3.8) is 0 Å². The van der Waals surface area contributed by atoms with Crippen molar-refractivity contribution in [2.75, 3.05) is 7.05 Å². The molecule has 0 bridgehead atoms. The average molecular weight is 245 g/mol. The summed E-state index contributed by atoms with van der Waals surface area (Å²) in [6, 6.07) is -0.852. The lowest BCUT2D eigenvalue weighted by molar-refractivity contribution is -0.144. The van der Waals surface area contributed by atoms with E-state index in [2.05, 4.69) is 0 Å². The molecule has 0 spiro atoms. The molecule has 0 aromatic rings. The van der Waals surface area contributed by atoms with Gasteiger partial charge in [0, 0.05) is 7.05 Å². The van der Waals surface area contributed by atoms with Crippen LogP contribution in [0.15, 0.2) is 0 Å². The molecular weight excluding hydrogens is 222 g/mol. The van der Waals surface area contributed by atoms with E-state index >= 15 is 0 Å². The smallest absolute Gasteiger partial charge is 0.410 e. The van der Waals surface area contributed by atoms with Crippen LogP contribution in [0, 0.1) is 5.92 Å². The molecule has 0 saturated heterocycles. The maximum atomic E-state index is 11.8. The first-order valence-electron chi connectivity index (χ1n) is 5.78. The van der Waals surface area contributed by atoms with Crippen LogP contribution in [0.5, 0.6) is 0 Å². The second-order valence-electron chi connectivity index (χ2n) is 5.26. The van der Waals surface area contributed by atoms with Crippen LogP contribution in [0.1, 0.15) is 41.0 Å². The monoisotopic (exact) mass is 245 g/mol. The zero-order valence-electron chi connectivity index (χ0n) is 11.5. The molecule has 0 aromatic carbocycles. The Bertz CT molecular complexity index is 283. The Kier molecular flexibility index (Phi) is 5.45. The minimum Gasteiger partial charge on any atom is -0.480 e. The number of carbonyl (C=O) groups excluding carboxylic acids is 1. The summed E-state index contributed by atoms with van der Waals surface area (Å²) in [6.45, 7) is 8.94. The van der Waals surface area contributed by atoms with Gasteiger partial charge in [0.1, 0.15) is 11.6 Å². The van der Waals surface area contributed by atoms with Crippen molar-refractivity contribution in [2.24, 2.45) is 5.92 Å². The van der Waals surface area contributed by atoms with E-state index in [4.69, 9.17) is 9.84 Å². The maximum Gasteiger partial charge on any atom is 0.410 e. The van der Waals surface area contributed by atoms with E-state index in [9.17, 15) is 9.59 Å². The Morgan fingerprint density at radius 3 is 2.12 bits per heavy atom.